The smallest absolute Gasteiger partial charge is 0.205 e. The molecule has 2 aromatic rings. The molecule has 0 unspecified atom stereocenters. The third-order valence-corrected chi connectivity index (χ3v) is 3.93. The quantitative estimate of drug-likeness (QED) is 0.650. The number of nitrogens with two attached hydrogens (primary N) is 1. The Labute approximate surface area is 105 Å². The standard InChI is InChI=1S/C14H15NOS/c1-8-5-4-6-11(15)12(8)13(16)14-9(2)7-10(3)17-14/h4-7H,15H2,1-3H3. The Morgan fingerprint density at radius 2 is 1.88 bits per heavy atom. The summed E-state index contributed by atoms with van der Waals surface area (Å²) in [6, 6.07) is 7.59. The lowest BCUT2D eigenvalue weighted by Gasteiger charge is -2.07. The van der Waals surface area contributed by atoms with Gasteiger partial charge < -0.3 is 5.73 Å². The lowest BCUT2D eigenvalue weighted by Crippen LogP contribution is -2.07. The first-order chi connectivity index (χ1) is 8.00. The Morgan fingerprint density at radius 3 is 2.41 bits per heavy atom. The highest BCUT2D eigenvalue weighted by Gasteiger charge is 2.18. The molecule has 0 spiro atoms. The lowest BCUT2D eigenvalue weighted by molar-refractivity contribution is 0.104. The van der Waals surface area contributed by atoms with Crippen molar-refractivity contribution in [1.82, 2.24) is 0 Å². The molecule has 0 bridgehead atoms. The minimum Gasteiger partial charge on any atom is -0.398 e. The Hall–Kier alpha value is -1.61. The summed E-state index contributed by atoms with van der Waals surface area (Å²) in [5.41, 5.74) is 9.05. The van der Waals surface area contributed by atoms with Gasteiger partial charge in [0, 0.05) is 16.1 Å². The molecule has 0 aliphatic rings. The topological polar surface area (TPSA) is 43.1 Å². The van der Waals surface area contributed by atoms with Crippen LogP contribution in [0.1, 0.15) is 31.2 Å². The fourth-order valence-electron chi connectivity index (χ4n) is 1.98. The maximum absolute atomic E-state index is 12.5. The van der Waals surface area contributed by atoms with Crippen LogP contribution in [0.2, 0.25) is 0 Å². The number of carbonyl (C=O) groups excluding carboxylic acids is 1. The van der Waals surface area contributed by atoms with Gasteiger partial charge in [-0.2, -0.15) is 0 Å². The number of carbonyl (C=O) groups is 1. The van der Waals surface area contributed by atoms with Crippen molar-refractivity contribution in [2.75, 3.05) is 5.73 Å². The summed E-state index contributed by atoms with van der Waals surface area (Å²) in [4.78, 5) is 14.4. The molecule has 2 nitrogen and oxygen atoms in total. The van der Waals surface area contributed by atoms with Crippen LogP contribution in [0.5, 0.6) is 0 Å². The van der Waals surface area contributed by atoms with Crippen molar-refractivity contribution >= 4 is 22.8 Å². The van der Waals surface area contributed by atoms with Gasteiger partial charge in [0.15, 0.2) is 0 Å². The number of ketones is 1. The second-order valence-corrected chi connectivity index (χ2v) is 5.49. The van der Waals surface area contributed by atoms with Crippen molar-refractivity contribution in [3.05, 3.63) is 50.7 Å². The number of benzene rings is 1. The van der Waals surface area contributed by atoms with Crippen molar-refractivity contribution in [2.24, 2.45) is 0 Å². The summed E-state index contributed by atoms with van der Waals surface area (Å²) in [6.07, 6.45) is 0. The number of nitrogen functional groups attached to an aromatic ring is 1. The first kappa shape index (κ1) is 11.9. The zero-order chi connectivity index (χ0) is 12.6. The van der Waals surface area contributed by atoms with Crippen molar-refractivity contribution in [2.45, 2.75) is 20.8 Å². The predicted octanol–water partition coefficient (Wildman–Crippen LogP) is 3.49. The summed E-state index contributed by atoms with van der Waals surface area (Å²) < 4.78 is 0. The van der Waals surface area contributed by atoms with Gasteiger partial charge in [0.25, 0.3) is 0 Å². The highest BCUT2D eigenvalue weighted by molar-refractivity contribution is 7.14. The lowest BCUT2D eigenvalue weighted by atomic mass is 10.0. The van der Waals surface area contributed by atoms with Crippen molar-refractivity contribution in [3.8, 4) is 0 Å². The molecule has 1 aromatic carbocycles. The molecule has 0 saturated heterocycles. The third-order valence-electron chi connectivity index (χ3n) is 2.78. The molecule has 2 N–H and O–H groups in total. The van der Waals surface area contributed by atoms with E-state index >= 15 is 0 Å². The molecular formula is C14H15NOS. The van der Waals surface area contributed by atoms with Gasteiger partial charge in [0.2, 0.25) is 5.78 Å². The summed E-state index contributed by atoms with van der Waals surface area (Å²) in [5.74, 6) is 0.0381. The second-order valence-electron chi connectivity index (χ2n) is 4.24. The Balaban J connectivity index is 2.55. The van der Waals surface area contributed by atoms with Crippen LogP contribution in [0, 0.1) is 20.8 Å². The third kappa shape index (κ3) is 2.11. The van der Waals surface area contributed by atoms with E-state index in [1.165, 1.54) is 11.3 Å². The number of hydrogen-bond donors (Lipinski definition) is 1. The molecule has 88 valence electrons. The fourth-order valence-corrected chi connectivity index (χ4v) is 2.95. The van der Waals surface area contributed by atoms with Gasteiger partial charge in [0.05, 0.1) is 4.88 Å². The molecule has 0 atom stereocenters. The molecule has 0 saturated carbocycles. The van der Waals surface area contributed by atoms with E-state index in [1.54, 1.807) is 6.07 Å². The number of anilines is 1. The maximum Gasteiger partial charge on any atom is 0.205 e. The number of rotatable bonds is 2. The van der Waals surface area contributed by atoms with Gasteiger partial charge in [-0.15, -0.1) is 11.3 Å². The molecular weight excluding hydrogens is 230 g/mol. The van der Waals surface area contributed by atoms with E-state index in [0.29, 0.717) is 11.3 Å². The first-order valence-corrected chi connectivity index (χ1v) is 6.29. The predicted molar refractivity (Wildman–Crippen MR) is 72.8 cm³/mol. The minimum atomic E-state index is 0.0381. The Morgan fingerprint density at radius 1 is 1.18 bits per heavy atom. The van der Waals surface area contributed by atoms with Crippen LogP contribution >= 0.6 is 11.3 Å². The van der Waals surface area contributed by atoms with Crippen LogP contribution in [-0.4, -0.2) is 5.78 Å². The maximum atomic E-state index is 12.5. The van der Waals surface area contributed by atoms with Crippen LogP contribution in [0.3, 0.4) is 0 Å². The molecule has 2 rings (SSSR count). The van der Waals surface area contributed by atoms with Crippen molar-refractivity contribution in [3.63, 3.8) is 0 Å². The average molecular weight is 245 g/mol. The number of hydrogen-bond acceptors (Lipinski definition) is 3. The van der Waals surface area contributed by atoms with Gasteiger partial charge in [-0.25, -0.2) is 0 Å². The normalized spacial score (nSPS) is 10.5. The average Bonchev–Trinajstić information content (AvgIpc) is 2.57. The summed E-state index contributed by atoms with van der Waals surface area (Å²) in [5, 5.41) is 0. The monoisotopic (exact) mass is 245 g/mol. The van der Waals surface area contributed by atoms with Crippen LogP contribution < -0.4 is 5.73 Å². The number of thiophene rings is 1. The highest BCUT2D eigenvalue weighted by atomic mass is 32.1. The second kappa shape index (κ2) is 4.34. The van der Waals surface area contributed by atoms with Crippen LogP contribution in [0.25, 0.3) is 0 Å². The Kier molecular flexibility index (Phi) is 3.03. The van der Waals surface area contributed by atoms with Gasteiger partial charge in [-0.1, -0.05) is 12.1 Å². The molecule has 17 heavy (non-hydrogen) atoms. The fraction of sp³-hybridized carbons (Fsp3) is 0.214. The van der Waals surface area contributed by atoms with E-state index in [-0.39, 0.29) is 5.78 Å². The van der Waals surface area contributed by atoms with E-state index in [2.05, 4.69) is 0 Å². The van der Waals surface area contributed by atoms with Crippen LogP contribution in [-0.2, 0) is 0 Å². The van der Waals surface area contributed by atoms with Crippen molar-refractivity contribution in [1.29, 1.82) is 0 Å². The minimum absolute atomic E-state index is 0.0381. The Bertz CT molecular complexity index is 564. The van der Waals surface area contributed by atoms with Crippen molar-refractivity contribution < 1.29 is 4.79 Å². The zero-order valence-corrected chi connectivity index (χ0v) is 11.0. The number of aryl methyl sites for hydroxylation is 3. The molecule has 0 aliphatic heterocycles. The van der Waals surface area contributed by atoms with E-state index in [0.717, 1.165) is 20.9 Å². The molecule has 1 aromatic heterocycles. The molecule has 1 heterocycles. The summed E-state index contributed by atoms with van der Waals surface area (Å²) >= 11 is 1.53. The largest absolute Gasteiger partial charge is 0.398 e. The van der Waals surface area contributed by atoms with Crippen LogP contribution in [0.4, 0.5) is 5.69 Å². The van der Waals surface area contributed by atoms with E-state index in [4.69, 9.17) is 5.73 Å². The molecule has 0 amide bonds. The molecule has 0 aliphatic carbocycles. The van der Waals surface area contributed by atoms with E-state index in [9.17, 15) is 4.79 Å². The highest BCUT2D eigenvalue weighted by Crippen LogP contribution is 2.27. The zero-order valence-electron chi connectivity index (χ0n) is 10.2. The summed E-state index contributed by atoms with van der Waals surface area (Å²) in [6.45, 7) is 5.89. The van der Waals surface area contributed by atoms with Gasteiger partial charge >= 0.3 is 0 Å². The summed E-state index contributed by atoms with van der Waals surface area (Å²) in [7, 11) is 0. The van der Waals surface area contributed by atoms with E-state index < -0.39 is 0 Å². The molecule has 0 radical (unpaired) electrons. The first-order valence-electron chi connectivity index (χ1n) is 5.47. The van der Waals surface area contributed by atoms with Gasteiger partial charge in [-0.05, 0) is 44.0 Å². The van der Waals surface area contributed by atoms with Crippen LogP contribution in [0.15, 0.2) is 24.3 Å². The van der Waals surface area contributed by atoms with Gasteiger partial charge in [0.1, 0.15) is 0 Å². The molecule has 0 fully saturated rings. The van der Waals surface area contributed by atoms with E-state index in [1.807, 2.05) is 39.0 Å². The van der Waals surface area contributed by atoms with Gasteiger partial charge in [-0.3, -0.25) is 4.79 Å². The SMILES string of the molecule is Cc1cc(C)c(C(=O)c2c(C)cccc2N)s1. The molecule has 3 heteroatoms.